The van der Waals surface area contributed by atoms with Crippen LogP contribution in [0.3, 0.4) is 0 Å². The van der Waals surface area contributed by atoms with E-state index in [0.29, 0.717) is 23.8 Å². The van der Waals surface area contributed by atoms with Crippen LogP contribution in [0.2, 0.25) is 0 Å². The molecule has 3 heterocycles. The molecule has 0 spiro atoms. The van der Waals surface area contributed by atoms with Crippen molar-refractivity contribution in [1.82, 2.24) is 14.5 Å². The van der Waals surface area contributed by atoms with Gasteiger partial charge in [0.2, 0.25) is 0 Å². The van der Waals surface area contributed by atoms with Gasteiger partial charge in [0, 0.05) is 24.3 Å². The molecule has 4 nitrogen and oxygen atoms in total. The SMILES string of the molecule is O=c1c(CC2CC=CS2)nc2c(Cc3ccccc3)[nH]c(-c3ccccc3)cn1-2. The molecular formula is C24H21N3OS. The van der Waals surface area contributed by atoms with E-state index in [1.54, 1.807) is 16.3 Å². The van der Waals surface area contributed by atoms with E-state index in [0.717, 1.165) is 29.2 Å². The number of nitrogens with zero attached hydrogens (tertiary/aromatic N) is 2. The number of aromatic nitrogens is 3. The van der Waals surface area contributed by atoms with Gasteiger partial charge >= 0.3 is 0 Å². The Kier molecular flexibility index (Phi) is 4.82. The first kappa shape index (κ1) is 18.0. The summed E-state index contributed by atoms with van der Waals surface area (Å²) in [5.74, 6) is 0.726. The highest BCUT2D eigenvalue weighted by molar-refractivity contribution is 8.03. The third-order valence-electron chi connectivity index (χ3n) is 5.24. The Bertz CT molecular complexity index is 1170. The number of imidazole rings is 1. The first-order chi connectivity index (χ1) is 14.3. The van der Waals surface area contributed by atoms with Crippen LogP contribution in [-0.4, -0.2) is 19.8 Å². The summed E-state index contributed by atoms with van der Waals surface area (Å²) in [6.07, 6.45) is 6.44. The maximum atomic E-state index is 13.2. The van der Waals surface area contributed by atoms with Crippen molar-refractivity contribution in [3.8, 4) is 17.1 Å². The molecule has 2 aromatic carbocycles. The van der Waals surface area contributed by atoms with Crippen LogP contribution in [0, 0.1) is 0 Å². The monoisotopic (exact) mass is 399 g/mol. The van der Waals surface area contributed by atoms with Crippen molar-refractivity contribution in [3.05, 3.63) is 106 Å². The normalized spacial score (nSPS) is 15.9. The lowest BCUT2D eigenvalue weighted by atomic mass is 10.1. The van der Waals surface area contributed by atoms with Gasteiger partial charge in [-0.2, -0.15) is 0 Å². The summed E-state index contributed by atoms with van der Waals surface area (Å²) >= 11 is 1.79. The second-order valence-electron chi connectivity index (χ2n) is 7.30. The number of thioether (sulfide) groups is 1. The van der Waals surface area contributed by atoms with Gasteiger partial charge in [0.05, 0.1) is 11.4 Å². The smallest absolute Gasteiger partial charge is 0.278 e. The van der Waals surface area contributed by atoms with Gasteiger partial charge in [-0.1, -0.05) is 66.7 Å². The molecule has 2 aromatic rings. The van der Waals surface area contributed by atoms with E-state index in [2.05, 4.69) is 28.6 Å². The molecule has 0 saturated carbocycles. The van der Waals surface area contributed by atoms with Gasteiger partial charge in [-0.15, -0.1) is 11.8 Å². The van der Waals surface area contributed by atoms with E-state index in [-0.39, 0.29) is 5.56 Å². The summed E-state index contributed by atoms with van der Waals surface area (Å²) in [5.41, 5.74) is 4.75. The molecule has 1 atom stereocenters. The van der Waals surface area contributed by atoms with Crippen LogP contribution in [0.4, 0.5) is 0 Å². The molecule has 0 amide bonds. The number of nitrogens with one attached hydrogen (secondary N) is 1. The van der Waals surface area contributed by atoms with Crippen LogP contribution in [0.1, 0.15) is 23.4 Å². The molecule has 144 valence electrons. The van der Waals surface area contributed by atoms with Crippen LogP contribution in [0.25, 0.3) is 17.1 Å². The predicted molar refractivity (Wildman–Crippen MR) is 119 cm³/mol. The first-order valence-corrected chi connectivity index (χ1v) is 10.7. The minimum atomic E-state index is -0.00649. The van der Waals surface area contributed by atoms with E-state index >= 15 is 0 Å². The zero-order chi connectivity index (χ0) is 19.6. The van der Waals surface area contributed by atoms with Gasteiger partial charge in [0.15, 0.2) is 5.82 Å². The lowest BCUT2D eigenvalue weighted by Gasteiger charge is -2.13. The van der Waals surface area contributed by atoms with Crippen LogP contribution in [0.15, 0.2) is 83.1 Å². The molecule has 0 aliphatic carbocycles. The largest absolute Gasteiger partial charge is 0.354 e. The van der Waals surface area contributed by atoms with Gasteiger partial charge < -0.3 is 4.98 Å². The fourth-order valence-corrected chi connectivity index (χ4v) is 4.70. The molecule has 0 aromatic heterocycles. The van der Waals surface area contributed by atoms with E-state index in [9.17, 15) is 4.79 Å². The summed E-state index contributed by atoms with van der Waals surface area (Å²) in [6, 6.07) is 20.4. The van der Waals surface area contributed by atoms with E-state index in [1.165, 1.54) is 5.56 Å². The second-order valence-corrected chi connectivity index (χ2v) is 8.51. The van der Waals surface area contributed by atoms with Crippen molar-refractivity contribution in [1.29, 1.82) is 0 Å². The van der Waals surface area contributed by atoms with Crippen molar-refractivity contribution >= 4 is 11.8 Å². The standard InChI is InChI=1S/C24H21N3OS/c28-24-21(15-19-12-7-13-29-19)26-23-20(14-17-8-3-1-4-9-17)25-22(16-27(23)24)18-10-5-2-6-11-18/h1-11,13,16,19,25H,12,14-15H2. The lowest BCUT2D eigenvalue weighted by molar-refractivity contribution is 0.849. The molecule has 0 fully saturated rings. The summed E-state index contributed by atoms with van der Waals surface area (Å²) in [5, 5.41) is 2.52. The minimum Gasteiger partial charge on any atom is -0.354 e. The van der Waals surface area contributed by atoms with Crippen molar-refractivity contribution in [3.63, 3.8) is 0 Å². The van der Waals surface area contributed by atoms with Crippen molar-refractivity contribution in [2.24, 2.45) is 0 Å². The number of benzene rings is 2. The Balaban J connectivity index is 1.62. The van der Waals surface area contributed by atoms with Crippen LogP contribution in [0.5, 0.6) is 0 Å². The summed E-state index contributed by atoms with van der Waals surface area (Å²) < 4.78 is 1.72. The minimum absolute atomic E-state index is 0.00649. The highest BCUT2D eigenvalue weighted by atomic mass is 32.2. The maximum absolute atomic E-state index is 13.2. The summed E-state index contributed by atoms with van der Waals surface area (Å²) in [4.78, 5) is 21.5. The predicted octanol–water partition coefficient (Wildman–Crippen LogP) is 4.82. The van der Waals surface area contributed by atoms with Gasteiger partial charge in [0.1, 0.15) is 5.69 Å². The molecule has 1 unspecified atom stereocenters. The fraction of sp³-hybridized carbons (Fsp3) is 0.167. The highest BCUT2D eigenvalue weighted by Gasteiger charge is 2.23. The zero-order valence-corrected chi connectivity index (χ0v) is 16.7. The molecule has 29 heavy (non-hydrogen) atoms. The molecule has 0 bridgehead atoms. The maximum Gasteiger partial charge on any atom is 0.278 e. The number of rotatable bonds is 5. The van der Waals surface area contributed by atoms with Crippen molar-refractivity contribution in [2.75, 3.05) is 0 Å². The number of hydrogen-bond acceptors (Lipinski definition) is 3. The Morgan fingerprint density at radius 2 is 1.83 bits per heavy atom. The number of allylic oxidation sites excluding steroid dienone is 1. The summed E-state index contributed by atoms with van der Waals surface area (Å²) in [6.45, 7) is 0. The van der Waals surface area contributed by atoms with E-state index in [1.807, 2.05) is 54.7 Å². The third-order valence-corrected chi connectivity index (χ3v) is 6.34. The zero-order valence-electron chi connectivity index (χ0n) is 15.9. The molecule has 1 N–H and O–H groups in total. The molecular weight excluding hydrogens is 378 g/mol. The fourth-order valence-electron chi connectivity index (χ4n) is 3.77. The van der Waals surface area contributed by atoms with E-state index < -0.39 is 0 Å². The number of aromatic amines is 1. The molecule has 3 aliphatic heterocycles. The van der Waals surface area contributed by atoms with Crippen LogP contribution < -0.4 is 5.56 Å². The molecule has 0 saturated heterocycles. The van der Waals surface area contributed by atoms with Gasteiger partial charge in [-0.25, -0.2) is 4.98 Å². The van der Waals surface area contributed by atoms with E-state index in [4.69, 9.17) is 4.98 Å². The molecule has 5 heteroatoms. The average molecular weight is 400 g/mol. The number of H-pyrrole nitrogens is 1. The third kappa shape index (κ3) is 3.66. The van der Waals surface area contributed by atoms with Crippen LogP contribution in [-0.2, 0) is 12.8 Å². The quantitative estimate of drug-likeness (QED) is 0.524. The Morgan fingerprint density at radius 3 is 2.55 bits per heavy atom. The lowest BCUT2D eigenvalue weighted by Crippen LogP contribution is -2.19. The number of hydrogen-bond donors (Lipinski definition) is 1. The molecule has 3 aliphatic rings. The van der Waals surface area contributed by atoms with Gasteiger partial charge in [-0.05, 0) is 23.0 Å². The number of fused-ring (bicyclic) bond motifs is 1. The first-order valence-electron chi connectivity index (χ1n) is 9.81. The average Bonchev–Trinajstić information content (AvgIpc) is 3.38. The Morgan fingerprint density at radius 1 is 1.07 bits per heavy atom. The van der Waals surface area contributed by atoms with Gasteiger partial charge in [-0.3, -0.25) is 9.36 Å². The second kappa shape index (κ2) is 7.76. The van der Waals surface area contributed by atoms with Gasteiger partial charge in [0.25, 0.3) is 5.56 Å². The Labute approximate surface area is 173 Å². The van der Waals surface area contributed by atoms with Crippen molar-refractivity contribution in [2.45, 2.75) is 24.5 Å². The topological polar surface area (TPSA) is 50.7 Å². The van der Waals surface area contributed by atoms with Crippen molar-refractivity contribution < 1.29 is 0 Å². The van der Waals surface area contributed by atoms with Crippen LogP contribution >= 0.6 is 11.8 Å². The summed E-state index contributed by atoms with van der Waals surface area (Å²) in [7, 11) is 0. The molecule has 0 radical (unpaired) electrons. The highest BCUT2D eigenvalue weighted by Crippen LogP contribution is 2.28. The molecule has 5 rings (SSSR count). The Hall–Kier alpha value is -3.05.